The Hall–Kier alpha value is -1.84. The topological polar surface area (TPSA) is 46.5 Å². The summed E-state index contributed by atoms with van der Waals surface area (Å²) in [6, 6.07) is 15.2. The minimum Gasteiger partial charge on any atom is -0.497 e. The Bertz CT molecular complexity index is 566. The van der Waals surface area contributed by atoms with E-state index >= 15 is 0 Å². The van der Waals surface area contributed by atoms with Crippen molar-refractivity contribution in [2.24, 2.45) is 0 Å². The van der Waals surface area contributed by atoms with Crippen molar-refractivity contribution in [2.75, 3.05) is 7.11 Å². The zero-order chi connectivity index (χ0) is 13.9. The number of carbonyl (C=O) groups is 1. The number of ether oxygens (including phenoxy) is 1. The van der Waals surface area contributed by atoms with Gasteiger partial charge in [-0.2, -0.15) is 0 Å². The highest BCUT2D eigenvalue weighted by molar-refractivity contribution is 6.65. The van der Waals surface area contributed by atoms with Gasteiger partial charge in [-0.05, 0) is 34.9 Å². The van der Waals surface area contributed by atoms with Crippen molar-refractivity contribution in [3.8, 4) is 5.75 Å². The zero-order valence-electron chi connectivity index (χ0n) is 10.3. The lowest BCUT2D eigenvalue weighted by Crippen LogP contribution is -2.33. The van der Waals surface area contributed by atoms with Gasteiger partial charge in [0.2, 0.25) is 0 Å². The lowest BCUT2D eigenvalue weighted by Gasteiger charge is -2.25. The Morgan fingerprint density at radius 1 is 1.05 bits per heavy atom. The van der Waals surface area contributed by atoms with Gasteiger partial charge in [-0.15, -0.1) is 0 Å². The smallest absolute Gasteiger partial charge is 0.262 e. The normalized spacial score (nSPS) is 13.6. The first-order chi connectivity index (χ1) is 9.09. The summed E-state index contributed by atoms with van der Waals surface area (Å²) in [6.45, 7) is 0. The van der Waals surface area contributed by atoms with E-state index in [4.69, 9.17) is 16.3 Å². The quantitative estimate of drug-likeness (QED) is 0.874. The van der Waals surface area contributed by atoms with Crippen LogP contribution in [0.5, 0.6) is 5.75 Å². The molecule has 3 nitrogen and oxygen atoms in total. The van der Waals surface area contributed by atoms with E-state index in [1.165, 1.54) is 0 Å². The van der Waals surface area contributed by atoms with Crippen LogP contribution in [0, 0.1) is 0 Å². The van der Waals surface area contributed by atoms with Crippen LogP contribution in [0.2, 0.25) is 0 Å². The maximum absolute atomic E-state index is 11.7. The highest BCUT2D eigenvalue weighted by Gasteiger charge is 2.38. The number of benzene rings is 2. The molecule has 0 saturated heterocycles. The van der Waals surface area contributed by atoms with E-state index in [0.29, 0.717) is 16.9 Å². The van der Waals surface area contributed by atoms with E-state index in [-0.39, 0.29) is 0 Å². The van der Waals surface area contributed by atoms with Crippen molar-refractivity contribution in [2.45, 2.75) is 5.60 Å². The van der Waals surface area contributed by atoms with Gasteiger partial charge in [-0.25, -0.2) is 0 Å². The van der Waals surface area contributed by atoms with Crippen molar-refractivity contribution in [1.29, 1.82) is 0 Å². The van der Waals surface area contributed by atoms with Crippen LogP contribution in [0.1, 0.15) is 11.1 Å². The molecule has 98 valence electrons. The maximum atomic E-state index is 11.7. The Morgan fingerprint density at radius 2 is 1.58 bits per heavy atom. The molecular weight excluding hydrogens is 264 g/mol. The largest absolute Gasteiger partial charge is 0.497 e. The summed E-state index contributed by atoms with van der Waals surface area (Å²) in [4.78, 5) is 11.7. The van der Waals surface area contributed by atoms with Gasteiger partial charge >= 0.3 is 0 Å². The molecule has 2 rings (SSSR count). The number of hydrogen-bond acceptors (Lipinski definition) is 3. The lowest BCUT2D eigenvalue weighted by atomic mass is 9.87. The van der Waals surface area contributed by atoms with E-state index in [0.717, 1.165) is 0 Å². The van der Waals surface area contributed by atoms with Crippen LogP contribution in [-0.2, 0) is 10.4 Å². The standard InChI is InChI=1S/C15H13ClO3/c1-19-13-9-7-12(8-10-13)15(18,14(16)17)11-5-3-2-4-6-11/h2-10,18H,1H3. The summed E-state index contributed by atoms with van der Waals surface area (Å²) >= 11 is 5.61. The molecule has 4 heteroatoms. The summed E-state index contributed by atoms with van der Waals surface area (Å²) in [6.07, 6.45) is 0. The number of halogens is 1. The average molecular weight is 277 g/mol. The van der Waals surface area contributed by atoms with Crippen LogP contribution in [-0.4, -0.2) is 17.5 Å². The van der Waals surface area contributed by atoms with Crippen LogP contribution in [0.4, 0.5) is 0 Å². The molecule has 0 aliphatic carbocycles. The molecule has 2 aromatic rings. The molecule has 0 aliphatic rings. The third-order valence-corrected chi connectivity index (χ3v) is 3.26. The van der Waals surface area contributed by atoms with Crippen molar-refractivity contribution in [3.63, 3.8) is 0 Å². The van der Waals surface area contributed by atoms with E-state index in [1.807, 2.05) is 0 Å². The minimum atomic E-state index is -1.85. The fourth-order valence-corrected chi connectivity index (χ4v) is 2.12. The molecule has 1 N–H and O–H groups in total. The highest BCUT2D eigenvalue weighted by atomic mass is 35.5. The molecule has 0 fully saturated rings. The van der Waals surface area contributed by atoms with E-state index in [2.05, 4.69) is 0 Å². The van der Waals surface area contributed by atoms with E-state index < -0.39 is 10.8 Å². The summed E-state index contributed by atoms with van der Waals surface area (Å²) in [7, 11) is 1.55. The monoisotopic (exact) mass is 276 g/mol. The third-order valence-electron chi connectivity index (χ3n) is 2.98. The Labute approximate surface area is 116 Å². The molecule has 19 heavy (non-hydrogen) atoms. The van der Waals surface area contributed by atoms with Gasteiger partial charge in [0.15, 0.2) is 5.60 Å². The number of carbonyl (C=O) groups excluding carboxylic acids is 1. The van der Waals surface area contributed by atoms with Crippen molar-refractivity contribution in [1.82, 2.24) is 0 Å². The first-order valence-corrected chi connectivity index (χ1v) is 6.09. The van der Waals surface area contributed by atoms with Crippen molar-refractivity contribution in [3.05, 3.63) is 65.7 Å². The van der Waals surface area contributed by atoms with Crippen LogP contribution >= 0.6 is 11.6 Å². The molecule has 2 aromatic carbocycles. The molecule has 1 atom stereocenters. The average Bonchev–Trinajstić information content (AvgIpc) is 2.47. The molecule has 0 amide bonds. The predicted molar refractivity (Wildman–Crippen MR) is 73.3 cm³/mol. The number of methoxy groups -OCH3 is 1. The second-order valence-electron chi connectivity index (χ2n) is 4.08. The molecule has 0 saturated carbocycles. The maximum Gasteiger partial charge on any atom is 0.262 e. The predicted octanol–water partition coefficient (Wildman–Crippen LogP) is 2.70. The zero-order valence-corrected chi connectivity index (χ0v) is 11.1. The van der Waals surface area contributed by atoms with E-state index in [1.54, 1.807) is 61.7 Å². The van der Waals surface area contributed by atoms with Crippen LogP contribution in [0.25, 0.3) is 0 Å². The van der Waals surface area contributed by atoms with Gasteiger partial charge in [0.1, 0.15) is 5.75 Å². The first-order valence-electron chi connectivity index (χ1n) is 5.71. The van der Waals surface area contributed by atoms with Crippen LogP contribution < -0.4 is 4.74 Å². The minimum absolute atomic E-state index is 0.402. The van der Waals surface area contributed by atoms with Crippen LogP contribution in [0.15, 0.2) is 54.6 Å². The molecule has 0 heterocycles. The molecular formula is C15H13ClO3. The molecule has 0 spiro atoms. The lowest BCUT2D eigenvalue weighted by molar-refractivity contribution is -0.125. The van der Waals surface area contributed by atoms with Gasteiger partial charge < -0.3 is 9.84 Å². The van der Waals surface area contributed by atoms with Gasteiger partial charge in [0.25, 0.3) is 5.24 Å². The van der Waals surface area contributed by atoms with Crippen LogP contribution in [0.3, 0.4) is 0 Å². The summed E-state index contributed by atoms with van der Waals surface area (Å²) in [5, 5.41) is 9.83. The number of hydrogen-bond donors (Lipinski definition) is 1. The van der Waals surface area contributed by atoms with Crippen molar-refractivity contribution >= 4 is 16.8 Å². The second kappa shape index (κ2) is 5.43. The molecule has 0 radical (unpaired) electrons. The molecule has 1 unspecified atom stereocenters. The van der Waals surface area contributed by atoms with Gasteiger partial charge in [0, 0.05) is 0 Å². The Morgan fingerprint density at radius 3 is 2.05 bits per heavy atom. The fraction of sp³-hybridized carbons (Fsp3) is 0.133. The summed E-state index contributed by atoms with van der Waals surface area (Å²) < 4.78 is 5.05. The summed E-state index contributed by atoms with van der Waals surface area (Å²) in [5.74, 6) is 0.640. The van der Waals surface area contributed by atoms with E-state index in [9.17, 15) is 9.90 Å². The van der Waals surface area contributed by atoms with Gasteiger partial charge in [-0.3, -0.25) is 4.79 Å². The first kappa shape index (κ1) is 13.6. The summed E-state index contributed by atoms with van der Waals surface area (Å²) in [5.41, 5.74) is -1.02. The molecule has 0 aliphatic heterocycles. The van der Waals surface area contributed by atoms with Gasteiger partial charge in [0.05, 0.1) is 7.11 Å². The van der Waals surface area contributed by atoms with Crippen molar-refractivity contribution < 1.29 is 14.6 Å². The highest BCUT2D eigenvalue weighted by Crippen LogP contribution is 2.32. The molecule has 0 bridgehead atoms. The third kappa shape index (κ3) is 2.48. The SMILES string of the molecule is COc1ccc(C(O)(C(=O)Cl)c2ccccc2)cc1. The number of rotatable bonds is 4. The second-order valence-corrected chi connectivity index (χ2v) is 4.42. The fourth-order valence-electron chi connectivity index (χ4n) is 1.91. The molecule has 0 aromatic heterocycles. The Kier molecular flexibility index (Phi) is 3.88. The number of aliphatic hydroxyl groups is 1. The van der Waals surface area contributed by atoms with Gasteiger partial charge in [-0.1, -0.05) is 42.5 Å². The Balaban J connectivity index is 2.53.